The van der Waals surface area contributed by atoms with Crippen LogP contribution in [-0.4, -0.2) is 60.4 Å². The van der Waals surface area contributed by atoms with Gasteiger partial charge in [-0.3, -0.25) is 19.7 Å². The maximum atomic E-state index is 12.5. The Bertz CT molecular complexity index is 1830. The number of carbonyl (C=O) groups excluding carboxylic acids is 2. The van der Waals surface area contributed by atoms with Crippen LogP contribution in [0.3, 0.4) is 0 Å². The van der Waals surface area contributed by atoms with E-state index in [1.54, 1.807) is 19.7 Å². The summed E-state index contributed by atoms with van der Waals surface area (Å²) in [4.78, 5) is 26.1. The SMILES string of the molecule is COc1cc2c(cc1OC)CN(C[C@@H]1C[C@H](c3ccc(CO)cc3)O[C@H](c3ccc(-c4ccccc4CNC(=O)CCCCC(=O)NO)cc3)O1)CC2. The summed E-state index contributed by atoms with van der Waals surface area (Å²) < 4.78 is 24.5. The minimum atomic E-state index is -0.579. The lowest BCUT2D eigenvalue weighted by molar-refractivity contribution is -0.253. The number of hydrogen-bond donors (Lipinski definition) is 4. The first-order chi connectivity index (χ1) is 25.9. The quantitative estimate of drug-likeness (QED) is 0.0647. The van der Waals surface area contributed by atoms with E-state index >= 15 is 0 Å². The van der Waals surface area contributed by atoms with Crippen LogP contribution in [-0.2, 0) is 45.2 Å². The molecule has 2 aliphatic rings. The minimum absolute atomic E-state index is 0.0114. The highest BCUT2D eigenvalue weighted by molar-refractivity contribution is 5.77. The van der Waals surface area contributed by atoms with Gasteiger partial charge < -0.3 is 29.4 Å². The molecule has 0 unspecified atom stereocenters. The molecule has 2 aliphatic heterocycles. The molecule has 2 heterocycles. The Hall–Kier alpha value is -4.78. The number of amides is 2. The molecule has 53 heavy (non-hydrogen) atoms. The molecule has 11 heteroatoms. The monoisotopic (exact) mass is 723 g/mol. The number of unbranched alkanes of at least 4 members (excludes halogenated alkanes) is 1. The molecule has 0 aromatic heterocycles. The first-order valence-corrected chi connectivity index (χ1v) is 18.2. The van der Waals surface area contributed by atoms with Gasteiger partial charge >= 0.3 is 0 Å². The third-order valence-electron chi connectivity index (χ3n) is 10.0. The maximum Gasteiger partial charge on any atom is 0.243 e. The summed E-state index contributed by atoms with van der Waals surface area (Å²) in [6, 6.07) is 28.3. The van der Waals surface area contributed by atoms with Crippen LogP contribution < -0.4 is 20.3 Å². The van der Waals surface area contributed by atoms with E-state index in [1.807, 2.05) is 60.7 Å². The number of hydrogen-bond acceptors (Lipinski definition) is 9. The van der Waals surface area contributed by atoms with E-state index in [-0.39, 0.29) is 31.1 Å². The second kappa shape index (κ2) is 18.3. The summed E-state index contributed by atoms with van der Waals surface area (Å²) >= 11 is 0. The van der Waals surface area contributed by atoms with Gasteiger partial charge in [-0.25, -0.2) is 5.48 Å². The number of ether oxygens (including phenoxy) is 4. The Morgan fingerprint density at radius 2 is 1.53 bits per heavy atom. The van der Waals surface area contributed by atoms with E-state index in [0.717, 1.165) is 70.9 Å². The highest BCUT2D eigenvalue weighted by Gasteiger charge is 2.34. The van der Waals surface area contributed by atoms with Gasteiger partial charge in [-0.15, -0.1) is 0 Å². The summed E-state index contributed by atoms with van der Waals surface area (Å²) in [5, 5.41) is 21.2. The van der Waals surface area contributed by atoms with Crippen molar-refractivity contribution in [2.45, 2.75) is 76.7 Å². The minimum Gasteiger partial charge on any atom is -0.493 e. The molecule has 3 atom stereocenters. The molecule has 1 fully saturated rings. The molecule has 6 rings (SSSR count). The van der Waals surface area contributed by atoms with Gasteiger partial charge in [0, 0.05) is 51.0 Å². The predicted octanol–water partition coefficient (Wildman–Crippen LogP) is 6.15. The number of nitrogens with zero attached hydrogens (tertiary/aromatic N) is 1. The van der Waals surface area contributed by atoms with Crippen LogP contribution in [0.4, 0.5) is 0 Å². The number of rotatable bonds is 15. The van der Waals surface area contributed by atoms with Crippen LogP contribution in [0.1, 0.15) is 77.9 Å². The average molecular weight is 724 g/mol. The number of fused-ring (bicyclic) bond motifs is 1. The van der Waals surface area contributed by atoms with Crippen molar-refractivity contribution in [1.82, 2.24) is 15.7 Å². The highest BCUT2D eigenvalue weighted by atomic mass is 16.7. The zero-order valence-corrected chi connectivity index (χ0v) is 30.4. The standard InChI is InChI=1S/C42H49N3O8/c1-50-38-21-32-19-20-45(25-34(32)22-39(38)51-2)26-35-23-37(30-13-11-28(27-46)12-14-30)53-42(52-35)31-17-15-29(16-18-31)36-8-4-3-7-33(36)24-43-40(47)9-5-6-10-41(48)44-49/h3-4,7-8,11-18,21-22,35,37,42,46,49H,5-6,9-10,19-20,23-27H2,1-2H3,(H,43,47)(H,44,48)/t35-,37+,42+/m0/s1. The summed E-state index contributed by atoms with van der Waals surface area (Å²) in [6.45, 7) is 2.80. The van der Waals surface area contributed by atoms with Crippen LogP contribution in [0, 0.1) is 0 Å². The number of nitrogens with one attached hydrogen (secondary N) is 2. The third-order valence-corrected chi connectivity index (χ3v) is 10.0. The topological polar surface area (TPSA) is 139 Å². The fraction of sp³-hybridized carbons (Fsp3) is 0.381. The lowest BCUT2D eigenvalue weighted by atomic mass is 9.96. The maximum absolute atomic E-state index is 12.5. The van der Waals surface area contributed by atoms with E-state index in [9.17, 15) is 14.7 Å². The van der Waals surface area contributed by atoms with E-state index in [0.29, 0.717) is 32.2 Å². The third kappa shape index (κ3) is 9.81. The molecule has 4 aromatic rings. The number of carbonyl (C=O) groups is 2. The summed E-state index contributed by atoms with van der Waals surface area (Å²) in [5.74, 6) is 0.946. The second-order valence-electron chi connectivity index (χ2n) is 13.6. The van der Waals surface area contributed by atoms with Crippen LogP contribution in [0.5, 0.6) is 11.5 Å². The molecular weight excluding hydrogens is 674 g/mol. The van der Waals surface area contributed by atoms with Gasteiger partial charge in [0.15, 0.2) is 17.8 Å². The lowest BCUT2D eigenvalue weighted by Crippen LogP contribution is -2.41. The molecule has 0 aliphatic carbocycles. The molecular formula is C42H49N3O8. The largest absolute Gasteiger partial charge is 0.493 e. The number of aliphatic hydroxyl groups excluding tert-OH is 1. The van der Waals surface area contributed by atoms with Crippen LogP contribution in [0.2, 0.25) is 0 Å². The Morgan fingerprint density at radius 1 is 0.849 bits per heavy atom. The second-order valence-corrected chi connectivity index (χ2v) is 13.6. The number of methoxy groups -OCH3 is 2. The summed E-state index contributed by atoms with van der Waals surface area (Å²) in [6.07, 6.45) is 2.30. The summed E-state index contributed by atoms with van der Waals surface area (Å²) in [5.41, 5.74) is 9.95. The smallest absolute Gasteiger partial charge is 0.243 e. The Labute approximate surface area is 310 Å². The molecule has 1 saturated heterocycles. The number of hydroxylamine groups is 1. The van der Waals surface area contributed by atoms with Gasteiger partial charge in [-0.2, -0.15) is 0 Å². The fourth-order valence-corrected chi connectivity index (χ4v) is 7.10. The molecule has 2 amide bonds. The molecule has 4 aromatic carbocycles. The first-order valence-electron chi connectivity index (χ1n) is 18.2. The van der Waals surface area contributed by atoms with Gasteiger partial charge in [0.1, 0.15) is 0 Å². The predicted molar refractivity (Wildman–Crippen MR) is 199 cm³/mol. The van der Waals surface area contributed by atoms with E-state index in [2.05, 4.69) is 34.5 Å². The molecule has 11 nitrogen and oxygen atoms in total. The number of benzene rings is 4. The summed E-state index contributed by atoms with van der Waals surface area (Å²) in [7, 11) is 3.33. The van der Waals surface area contributed by atoms with Crippen LogP contribution in [0.25, 0.3) is 11.1 Å². The van der Waals surface area contributed by atoms with Gasteiger partial charge in [-0.05, 0) is 70.3 Å². The van der Waals surface area contributed by atoms with Crippen molar-refractivity contribution in [2.75, 3.05) is 27.3 Å². The Kier molecular flexibility index (Phi) is 13.1. The van der Waals surface area contributed by atoms with Gasteiger partial charge in [0.25, 0.3) is 0 Å². The van der Waals surface area contributed by atoms with Crippen molar-refractivity contribution in [3.05, 3.63) is 118 Å². The van der Waals surface area contributed by atoms with Gasteiger partial charge in [0.05, 0.1) is 33.0 Å². The van der Waals surface area contributed by atoms with Crippen LogP contribution >= 0.6 is 0 Å². The molecule has 0 saturated carbocycles. The zero-order chi connectivity index (χ0) is 37.2. The molecule has 4 N–H and O–H groups in total. The van der Waals surface area contributed by atoms with Gasteiger partial charge in [-0.1, -0.05) is 72.8 Å². The molecule has 280 valence electrons. The highest BCUT2D eigenvalue weighted by Crippen LogP contribution is 2.40. The van der Waals surface area contributed by atoms with E-state index in [1.165, 1.54) is 11.1 Å². The average Bonchev–Trinajstić information content (AvgIpc) is 3.21. The lowest BCUT2D eigenvalue weighted by Gasteiger charge is -2.39. The van der Waals surface area contributed by atoms with Crippen molar-refractivity contribution in [1.29, 1.82) is 0 Å². The first kappa shape index (κ1) is 38.0. The van der Waals surface area contributed by atoms with E-state index < -0.39 is 12.2 Å². The van der Waals surface area contributed by atoms with Crippen molar-refractivity contribution < 1.29 is 38.9 Å². The molecule has 0 bridgehead atoms. The zero-order valence-electron chi connectivity index (χ0n) is 30.4. The van der Waals surface area contributed by atoms with Crippen molar-refractivity contribution in [2.24, 2.45) is 0 Å². The van der Waals surface area contributed by atoms with Crippen LogP contribution in [0.15, 0.2) is 84.9 Å². The normalized spacial score (nSPS) is 18.5. The Morgan fingerprint density at radius 3 is 2.23 bits per heavy atom. The van der Waals surface area contributed by atoms with E-state index in [4.69, 9.17) is 24.2 Å². The fourth-order valence-electron chi connectivity index (χ4n) is 7.10. The molecule has 0 radical (unpaired) electrons. The van der Waals surface area contributed by atoms with Crippen molar-refractivity contribution in [3.63, 3.8) is 0 Å². The molecule has 0 spiro atoms. The number of aliphatic hydroxyl groups is 1. The van der Waals surface area contributed by atoms with Crippen molar-refractivity contribution >= 4 is 11.8 Å². The van der Waals surface area contributed by atoms with Crippen molar-refractivity contribution in [3.8, 4) is 22.6 Å². The Balaban J connectivity index is 1.14. The van der Waals surface area contributed by atoms with Gasteiger partial charge in [0.2, 0.25) is 11.8 Å².